The Labute approximate surface area is 194 Å². The van der Waals surface area contributed by atoms with Crippen LogP contribution in [0, 0.1) is 6.92 Å². The highest BCUT2D eigenvalue weighted by Gasteiger charge is 2.24. The molecule has 3 aromatic carbocycles. The number of aromatic nitrogens is 4. The lowest BCUT2D eigenvalue weighted by Crippen LogP contribution is -2.34. The van der Waals surface area contributed by atoms with E-state index in [4.69, 9.17) is 0 Å². The maximum Gasteiger partial charge on any atom is 0.294 e. The van der Waals surface area contributed by atoms with Crippen molar-refractivity contribution >= 4 is 16.7 Å². The number of hydrogen-bond acceptors (Lipinski definition) is 6. The third-order valence-electron chi connectivity index (χ3n) is 6.68. The van der Waals surface area contributed by atoms with Gasteiger partial charge in [-0.25, -0.2) is 0 Å². The summed E-state index contributed by atoms with van der Waals surface area (Å²) in [6, 6.07) is 18.4. The second-order valence-corrected chi connectivity index (χ2v) is 8.77. The van der Waals surface area contributed by atoms with Crippen molar-refractivity contribution in [3.8, 4) is 17.1 Å². The molecule has 1 aliphatic rings. The van der Waals surface area contributed by atoms with E-state index < -0.39 is 6.23 Å². The van der Waals surface area contributed by atoms with E-state index in [2.05, 4.69) is 40.3 Å². The molecule has 0 spiro atoms. The minimum atomic E-state index is -0.797. The minimum absolute atomic E-state index is 0.148. The SMILES string of the molecule is Cc1cccc2c1CCN(C(O)c1ccc3c(c1)[nH]c(=O)c1nnc(-c4ccc(O)cc4)n13)C2. The van der Waals surface area contributed by atoms with Gasteiger partial charge in [0.1, 0.15) is 12.0 Å². The van der Waals surface area contributed by atoms with Crippen molar-refractivity contribution in [2.75, 3.05) is 6.54 Å². The first-order valence-corrected chi connectivity index (χ1v) is 11.2. The zero-order valence-electron chi connectivity index (χ0n) is 18.6. The Hall–Kier alpha value is -4.01. The van der Waals surface area contributed by atoms with Gasteiger partial charge in [-0.05, 0) is 72.0 Å². The molecule has 0 saturated heterocycles. The number of aromatic amines is 1. The van der Waals surface area contributed by atoms with Gasteiger partial charge in [-0.3, -0.25) is 14.1 Å². The van der Waals surface area contributed by atoms with Crippen LogP contribution < -0.4 is 5.56 Å². The average Bonchev–Trinajstić information content (AvgIpc) is 3.30. The summed E-state index contributed by atoms with van der Waals surface area (Å²) in [5.41, 5.74) is 6.46. The van der Waals surface area contributed by atoms with Gasteiger partial charge in [-0.15, -0.1) is 10.2 Å². The fourth-order valence-corrected chi connectivity index (χ4v) is 4.89. The maximum atomic E-state index is 12.8. The van der Waals surface area contributed by atoms with E-state index in [1.54, 1.807) is 28.7 Å². The number of aliphatic hydroxyl groups is 1. The lowest BCUT2D eigenvalue weighted by molar-refractivity contribution is -0.00776. The quantitative estimate of drug-likeness (QED) is 0.387. The van der Waals surface area contributed by atoms with Gasteiger partial charge in [0.2, 0.25) is 5.65 Å². The number of hydrogen-bond donors (Lipinski definition) is 3. The summed E-state index contributed by atoms with van der Waals surface area (Å²) in [6.45, 7) is 3.55. The standard InChI is InChI=1S/C26H23N5O3/c1-15-3-2-4-18-14-30(12-11-20(15)18)26(34)17-7-10-22-21(13-17)27-25(33)24-29-28-23(31(22)24)16-5-8-19(32)9-6-16/h2-10,13,26,32,34H,11-12,14H2,1H3,(H,27,33). The molecular formula is C26H23N5O3. The molecule has 0 saturated carbocycles. The van der Waals surface area contributed by atoms with Gasteiger partial charge in [-0.2, -0.15) is 0 Å². The van der Waals surface area contributed by atoms with Crippen LogP contribution in [0.15, 0.2) is 65.5 Å². The first-order valence-electron chi connectivity index (χ1n) is 11.2. The second-order valence-electron chi connectivity index (χ2n) is 8.77. The van der Waals surface area contributed by atoms with Crippen molar-refractivity contribution in [3.05, 3.63) is 93.3 Å². The van der Waals surface area contributed by atoms with E-state index in [9.17, 15) is 15.0 Å². The van der Waals surface area contributed by atoms with E-state index in [0.29, 0.717) is 23.4 Å². The van der Waals surface area contributed by atoms with Crippen molar-refractivity contribution in [3.63, 3.8) is 0 Å². The molecule has 0 bridgehead atoms. The van der Waals surface area contributed by atoms with Crippen LogP contribution in [0.25, 0.3) is 28.1 Å². The number of benzene rings is 3. The topological polar surface area (TPSA) is 107 Å². The highest BCUT2D eigenvalue weighted by Crippen LogP contribution is 2.30. The van der Waals surface area contributed by atoms with Crippen molar-refractivity contribution in [1.82, 2.24) is 24.5 Å². The largest absolute Gasteiger partial charge is 0.508 e. The Morgan fingerprint density at radius 3 is 2.71 bits per heavy atom. The third-order valence-corrected chi connectivity index (χ3v) is 6.68. The number of rotatable bonds is 3. The third kappa shape index (κ3) is 3.27. The number of aromatic hydroxyl groups is 1. The number of nitrogens with one attached hydrogen (secondary N) is 1. The summed E-state index contributed by atoms with van der Waals surface area (Å²) in [4.78, 5) is 17.7. The van der Waals surface area contributed by atoms with Crippen LogP contribution in [-0.2, 0) is 13.0 Å². The molecule has 8 heteroatoms. The fourth-order valence-electron chi connectivity index (χ4n) is 4.89. The number of aryl methyl sites for hydroxylation is 1. The number of aliphatic hydroxyl groups excluding tert-OH is 1. The maximum absolute atomic E-state index is 12.8. The van der Waals surface area contributed by atoms with Gasteiger partial charge in [0.15, 0.2) is 5.82 Å². The van der Waals surface area contributed by atoms with Crippen molar-refractivity contribution in [1.29, 1.82) is 0 Å². The van der Waals surface area contributed by atoms with Crippen LogP contribution in [-0.4, -0.2) is 41.2 Å². The van der Waals surface area contributed by atoms with Gasteiger partial charge in [0.05, 0.1) is 11.0 Å². The van der Waals surface area contributed by atoms with Gasteiger partial charge in [0, 0.05) is 18.7 Å². The summed E-state index contributed by atoms with van der Waals surface area (Å²) in [6.07, 6.45) is 0.0931. The molecular weight excluding hydrogens is 430 g/mol. The summed E-state index contributed by atoms with van der Waals surface area (Å²) in [5.74, 6) is 0.650. The average molecular weight is 454 g/mol. The van der Waals surface area contributed by atoms with Crippen LogP contribution in [0.3, 0.4) is 0 Å². The molecule has 6 rings (SSSR count). The fraction of sp³-hybridized carbons (Fsp3) is 0.192. The molecule has 0 aliphatic carbocycles. The van der Waals surface area contributed by atoms with E-state index in [0.717, 1.165) is 24.0 Å². The smallest absolute Gasteiger partial charge is 0.294 e. The Kier molecular flexibility index (Phi) is 4.72. The van der Waals surface area contributed by atoms with Gasteiger partial charge in [-0.1, -0.05) is 24.3 Å². The van der Waals surface area contributed by atoms with Gasteiger partial charge < -0.3 is 15.2 Å². The summed E-state index contributed by atoms with van der Waals surface area (Å²) >= 11 is 0. The Morgan fingerprint density at radius 2 is 1.88 bits per heavy atom. The van der Waals surface area contributed by atoms with E-state index >= 15 is 0 Å². The molecule has 3 N–H and O–H groups in total. The molecule has 170 valence electrons. The molecule has 8 nitrogen and oxygen atoms in total. The highest BCUT2D eigenvalue weighted by atomic mass is 16.3. The Morgan fingerprint density at radius 1 is 1.06 bits per heavy atom. The molecule has 2 aromatic heterocycles. The molecule has 0 radical (unpaired) electrons. The molecule has 1 aliphatic heterocycles. The van der Waals surface area contributed by atoms with Crippen molar-refractivity contribution < 1.29 is 10.2 Å². The van der Waals surface area contributed by atoms with E-state index in [1.807, 2.05) is 23.1 Å². The van der Waals surface area contributed by atoms with Gasteiger partial charge >= 0.3 is 0 Å². The molecule has 5 aromatic rings. The summed E-state index contributed by atoms with van der Waals surface area (Å²) in [7, 11) is 0. The Bertz CT molecular complexity index is 1600. The zero-order valence-corrected chi connectivity index (χ0v) is 18.6. The predicted molar refractivity (Wildman–Crippen MR) is 128 cm³/mol. The molecule has 1 atom stereocenters. The molecule has 3 heterocycles. The molecule has 1 unspecified atom stereocenters. The lowest BCUT2D eigenvalue weighted by Gasteiger charge is -2.33. The van der Waals surface area contributed by atoms with E-state index in [-0.39, 0.29) is 17.0 Å². The molecule has 34 heavy (non-hydrogen) atoms. The van der Waals surface area contributed by atoms with Gasteiger partial charge in [0.25, 0.3) is 5.56 Å². The minimum Gasteiger partial charge on any atom is -0.508 e. The van der Waals surface area contributed by atoms with Crippen LogP contribution in [0.4, 0.5) is 0 Å². The van der Waals surface area contributed by atoms with Crippen LogP contribution in [0.5, 0.6) is 5.75 Å². The van der Waals surface area contributed by atoms with Crippen molar-refractivity contribution in [2.24, 2.45) is 0 Å². The second kappa shape index (κ2) is 7.79. The van der Waals surface area contributed by atoms with E-state index in [1.165, 1.54) is 16.7 Å². The summed E-state index contributed by atoms with van der Waals surface area (Å²) in [5, 5.41) is 29.1. The first kappa shape index (κ1) is 20.6. The number of phenols is 1. The number of nitrogens with zero attached hydrogens (tertiary/aromatic N) is 4. The summed E-state index contributed by atoms with van der Waals surface area (Å²) < 4.78 is 1.70. The van der Waals surface area contributed by atoms with Crippen LogP contribution in [0.1, 0.15) is 28.5 Å². The number of H-pyrrole nitrogens is 1. The number of fused-ring (bicyclic) bond motifs is 4. The molecule has 0 amide bonds. The highest BCUT2D eigenvalue weighted by molar-refractivity contribution is 5.80. The Balaban J connectivity index is 1.41. The lowest BCUT2D eigenvalue weighted by atomic mass is 9.95. The van der Waals surface area contributed by atoms with Crippen LogP contribution in [0.2, 0.25) is 0 Å². The van der Waals surface area contributed by atoms with Crippen LogP contribution >= 0.6 is 0 Å². The first-order chi connectivity index (χ1) is 16.5. The normalized spacial score (nSPS) is 15.0. The van der Waals surface area contributed by atoms with Crippen molar-refractivity contribution in [2.45, 2.75) is 26.1 Å². The monoisotopic (exact) mass is 453 g/mol. The molecule has 0 fully saturated rings. The predicted octanol–water partition coefficient (Wildman–Crippen LogP) is 3.30. The zero-order chi connectivity index (χ0) is 23.4. The number of phenolic OH excluding ortho intramolecular Hbond substituents is 1.